The lowest BCUT2D eigenvalue weighted by molar-refractivity contribution is 0.0601. The number of carbonyl (C=O) groups excluding carboxylic acids is 2. The Kier molecular flexibility index (Phi) is 4.90. The number of carbonyl (C=O) groups is 2. The minimum atomic E-state index is -1.25. The average Bonchev–Trinajstić information content (AvgIpc) is 2.53. The first-order chi connectivity index (χ1) is 10.9. The normalized spacial score (nSPS) is 10.3. The van der Waals surface area contributed by atoms with Crippen molar-refractivity contribution in [2.45, 2.75) is 0 Å². The molecular weight excluding hydrogens is 335 g/mol. The Bertz CT molecular complexity index is 796. The monoisotopic (exact) mass is 343 g/mol. The first-order valence-electron chi connectivity index (χ1n) is 6.16. The molecule has 4 nitrogen and oxygen atoms in total. The maximum atomic E-state index is 13.4. The van der Waals surface area contributed by atoms with Crippen LogP contribution in [0.4, 0.5) is 24.5 Å². The van der Waals surface area contributed by atoms with E-state index in [0.717, 1.165) is 13.2 Å². The Morgan fingerprint density at radius 2 is 1.78 bits per heavy atom. The first-order valence-corrected chi connectivity index (χ1v) is 6.54. The van der Waals surface area contributed by atoms with E-state index in [2.05, 4.69) is 10.1 Å². The number of nitrogens with one attached hydrogen (secondary N) is 1. The number of halogens is 4. The molecule has 0 saturated heterocycles. The van der Waals surface area contributed by atoms with Gasteiger partial charge >= 0.3 is 5.97 Å². The van der Waals surface area contributed by atoms with Crippen molar-refractivity contribution < 1.29 is 27.5 Å². The molecule has 0 bridgehead atoms. The van der Waals surface area contributed by atoms with Gasteiger partial charge in [0.2, 0.25) is 0 Å². The molecule has 0 atom stereocenters. The summed E-state index contributed by atoms with van der Waals surface area (Å²) in [6.45, 7) is 0. The zero-order valence-corrected chi connectivity index (χ0v) is 12.4. The first kappa shape index (κ1) is 16.8. The number of aldehydes is 1. The van der Waals surface area contributed by atoms with Crippen molar-refractivity contribution in [2.24, 2.45) is 0 Å². The van der Waals surface area contributed by atoms with E-state index in [1.54, 1.807) is 0 Å². The summed E-state index contributed by atoms with van der Waals surface area (Å²) >= 11 is 5.68. The van der Waals surface area contributed by atoms with Gasteiger partial charge in [-0.2, -0.15) is 0 Å². The van der Waals surface area contributed by atoms with Gasteiger partial charge in [0.25, 0.3) is 0 Å². The second-order valence-corrected chi connectivity index (χ2v) is 4.75. The predicted octanol–water partition coefficient (Wildman–Crippen LogP) is 4.10. The van der Waals surface area contributed by atoms with Crippen LogP contribution in [-0.4, -0.2) is 19.4 Å². The molecule has 0 radical (unpaired) electrons. The van der Waals surface area contributed by atoms with Crippen molar-refractivity contribution in [3.05, 3.63) is 57.9 Å². The molecule has 2 aromatic carbocycles. The van der Waals surface area contributed by atoms with E-state index in [1.165, 1.54) is 6.07 Å². The highest BCUT2D eigenvalue weighted by atomic mass is 35.5. The number of ether oxygens (including phenoxy) is 1. The number of anilines is 2. The van der Waals surface area contributed by atoms with E-state index in [4.69, 9.17) is 11.6 Å². The van der Waals surface area contributed by atoms with E-state index in [0.29, 0.717) is 18.4 Å². The van der Waals surface area contributed by atoms with Gasteiger partial charge in [0.1, 0.15) is 5.82 Å². The SMILES string of the molecule is COC(=O)c1cc(F)c(F)cc1Nc1ccc(F)c(Cl)c1C=O. The van der Waals surface area contributed by atoms with E-state index >= 15 is 0 Å². The average molecular weight is 344 g/mol. The number of hydrogen-bond donors (Lipinski definition) is 1. The van der Waals surface area contributed by atoms with Crippen LogP contribution in [0, 0.1) is 17.5 Å². The molecule has 0 fully saturated rings. The summed E-state index contributed by atoms with van der Waals surface area (Å²) in [7, 11) is 1.07. The molecule has 2 rings (SSSR count). The van der Waals surface area contributed by atoms with E-state index in [1.807, 2.05) is 0 Å². The van der Waals surface area contributed by atoms with Gasteiger partial charge in [-0.15, -0.1) is 0 Å². The molecule has 1 N–H and O–H groups in total. The van der Waals surface area contributed by atoms with Crippen LogP contribution in [0.25, 0.3) is 0 Å². The van der Waals surface area contributed by atoms with Crippen molar-refractivity contribution in [3.8, 4) is 0 Å². The lowest BCUT2D eigenvalue weighted by Gasteiger charge is -2.14. The minimum Gasteiger partial charge on any atom is -0.465 e. The number of methoxy groups -OCH3 is 1. The van der Waals surface area contributed by atoms with Crippen molar-refractivity contribution in [1.82, 2.24) is 0 Å². The number of rotatable bonds is 4. The van der Waals surface area contributed by atoms with Crippen molar-refractivity contribution in [2.75, 3.05) is 12.4 Å². The maximum absolute atomic E-state index is 13.4. The fraction of sp³-hybridized carbons (Fsp3) is 0.0667. The summed E-state index contributed by atoms with van der Waals surface area (Å²) in [5.74, 6) is -4.21. The fourth-order valence-corrected chi connectivity index (χ4v) is 2.07. The van der Waals surface area contributed by atoms with Gasteiger partial charge in [-0.05, 0) is 18.2 Å². The van der Waals surface area contributed by atoms with E-state index in [-0.39, 0.29) is 22.5 Å². The van der Waals surface area contributed by atoms with Crippen molar-refractivity contribution in [3.63, 3.8) is 0 Å². The molecule has 8 heteroatoms. The van der Waals surface area contributed by atoms with Crippen LogP contribution < -0.4 is 5.32 Å². The summed E-state index contributed by atoms with van der Waals surface area (Å²) < 4.78 is 44.6. The second kappa shape index (κ2) is 6.70. The molecule has 0 heterocycles. The van der Waals surface area contributed by atoms with Crippen LogP contribution in [0.5, 0.6) is 0 Å². The third-order valence-electron chi connectivity index (χ3n) is 2.99. The number of hydrogen-bond acceptors (Lipinski definition) is 4. The third kappa shape index (κ3) is 3.29. The van der Waals surface area contributed by atoms with Gasteiger partial charge in [0, 0.05) is 6.07 Å². The number of esters is 1. The molecule has 120 valence electrons. The second-order valence-electron chi connectivity index (χ2n) is 4.37. The van der Waals surface area contributed by atoms with Gasteiger partial charge < -0.3 is 10.1 Å². The Balaban J connectivity index is 2.56. The number of benzene rings is 2. The highest BCUT2D eigenvalue weighted by molar-refractivity contribution is 6.33. The highest BCUT2D eigenvalue weighted by Gasteiger charge is 2.19. The van der Waals surface area contributed by atoms with Gasteiger partial charge in [-0.25, -0.2) is 18.0 Å². The molecule has 0 unspecified atom stereocenters. The Hall–Kier alpha value is -2.54. The zero-order valence-electron chi connectivity index (χ0n) is 11.6. The van der Waals surface area contributed by atoms with Gasteiger partial charge in [0.05, 0.1) is 34.6 Å². The summed E-state index contributed by atoms with van der Waals surface area (Å²) in [4.78, 5) is 22.7. The predicted molar refractivity (Wildman–Crippen MR) is 77.8 cm³/mol. The standard InChI is InChI=1S/C15H9ClF3NO3/c1-23-15(22)7-4-10(18)11(19)5-13(7)20-12-3-2-9(17)14(16)8(12)6-21/h2-6,20H,1H3. The molecule has 0 aliphatic rings. The van der Waals surface area contributed by atoms with Crippen molar-refractivity contribution in [1.29, 1.82) is 0 Å². The van der Waals surface area contributed by atoms with Crippen LogP contribution in [0.15, 0.2) is 24.3 Å². The van der Waals surface area contributed by atoms with Gasteiger partial charge in [-0.3, -0.25) is 4.79 Å². The van der Waals surface area contributed by atoms with Crippen LogP contribution in [0.1, 0.15) is 20.7 Å². The maximum Gasteiger partial charge on any atom is 0.340 e. The van der Waals surface area contributed by atoms with Gasteiger partial charge in [-0.1, -0.05) is 11.6 Å². The Morgan fingerprint density at radius 3 is 2.39 bits per heavy atom. The lowest BCUT2D eigenvalue weighted by atomic mass is 10.1. The minimum absolute atomic E-state index is 0.0163. The Morgan fingerprint density at radius 1 is 1.13 bits per heavy atom. The van der Waals surface area contributed by atoms with Crippen LogP contribution in [0.2, 0.25) is 5.02 Å². The molecule has 23 heavy (non-hydrogen) atoms. The smallest absolute Gasteiger partial charge is 0.340 e. The fourth-order valence-electron chi connectivity index (χ4n) is 1.86. The quantitative estimate of drug-likeness (QED) is 0.671. The van der Waals surface area contributed by atoms with Crippen LogP contribution >= 0.6 is 11.6 Å². The third-order valence-corrected chi connectivity index (χ3v) is 3.37. The molecule has 0 aliphatic heterocycles. The Labute approximate surface area is 133 Å². The largest absolute Gasteiger partial charge is 0.465 e. The van der Waals surface area contributed by atoms with Gasteiger partial charge in [0.15, 0.2) is 17.9 Å². The summed E-state index contributed by atoms with van der Waals surface area (Å²) in [5.41, 5.74) is -0.681. The molecule has 0 aliphatic carbocycles. The highest BCUT2D eigenvalue weighted by Crippen LogP contribution is 2.30. The topological polar surface area (TPSA) is 55.4 Å². The summed E-state index contributed by atoms with van der Waals surface area (Å²) in [6.07, 6.45) is 0.297. The van der Waals surface area contributed by atoms with Crippen molar-refractivity contribution >= 4 is 35.2 Å². The molecular formula is C15H9ClF3NO3. The molecule has 2 aromatic rings. The summed E-state index contributed by atoms with van der Waals surface area (Å²) in [5, 5.41) is 2.12. The summed E-state index contributed by atoms with van der Waals surface area (Å²) in [6, 6.07) is 3.52. The molecule has 0 aromatic heterocycles. The van der Waals surface area contributed by atoms with E-state index < -0.39 is 28.4 Å². The molecule has 0 saturated carbocycles. The zero-order chi connectivity index (χ0) is 17.1. The molecule has 0 spiro atoms. The van der Waals surface area contributed by atoms with Crippen LogP contribution in [0.3, 0.4) is 0 Å². The molecule has 0 amide bonds. The van der Waals surface area contributed by atoms with Crippen LogP contribution in [-0.2, 0) is 4.74 Å². The van der Waals surface area contributed by atoms with E-state index in [9.17, 15) is 22.8 Å². The lowest BCUT2D eigenvalue weighted by Crippen LogP contribution is -2.08.